The molecule has 0 atom stereocenters. The number of hydrogen-bond donors (Lipinski definition) is 1. The van der Waals surface area contributed by atoms with Crippen LogP contribution in [0.3, 0.4) is 0 Å². The Bertz CT molecular complexity index is 597. The summed E-state index contributed by atoms with van der Waals surface area (Å²) in [4.78, 5) is 15.2. The van der Waals surface area contributed by atoms with Gasteiger partial charge in [0.2, 0.25) is 0 Å². The highest BCUT2D eigenvalue weighted by Crippen LogP contribution is 2.36. The molecule has 1 aromatic heterocycles. The number of nitrogens with zero attached hydrogens (tertiary/aromatic N) is 2. The van der Waals surface area contributed by atoms with Crippen molar-refractivity contribution in [2.45, 2.75) is 59.0 Å². The highest BCUT2D eigenvalue weighted by atomic mass is 16.2. The molecule has 2 aliphatic rings. The molecule has 1 aromatic rings. The molecule has 1 amide bonds. The Morgan fingerprint density at radius 1 is 1.09 bits per heavy atom. The zero-order chi connectivity index (χ0) is 16.3. The van der Waals surface area contributed by atoms with Gasteiger partial charge in [0.25, 0.3) is 5.91 Å². The summed E-state index contributed by atoms with van der Waals surface area (Å²) >= 11 is 0. The smallest absolute Gasteiger partial charge is 0.270 e. The van der Waals surface area contributed by atoms with Gasteiger partial charge in [-0.15, -0.1) is 0 Å². The van der Waals surface area contributed by atoms with Crippen LogP contribution in [0, 0.1) is 5.41 Å². The molecule has 0 radical (unpaired) electrons. The molecular formula is C18H29N3O. The highest BCUT2D eigenvalue weighted by Gasteiger charge is 2.46. The number of hydrogen-bond acceptors (Lipinski definition) is 2. The van der Waals surface area contributed by atoms with Crippen LogP contribution in [0.15, 0.2) is 12.3 Å². The van der Waals surface area contributed by atoms with E-state index in [-0.39, 0.29) is 22.3 Å². The third kappa shape index (κ3) is 2.47. The lowest BCUT2D eigenvalue weighted by atomic mass is 9.80. The third-order valence-electron chi connectivity index (χ3n) is 5.04. The van der Waals surface area contributed by atoms with Crippen molar-refractivity contribution in [2.75, 3.05) is 19.6 Å². The van der Waals surface area contributed by atoms with Gasteiger partial charge in [0, 0.05) is 43.3 Å². The van der Waals surface area contributed by atoms with Crippen LogP contribution in [0.4, 0.5) is 0 Å². The molecular weight excluding hydrogens is 274 g/mol. The van der Waals surface area contributed by atoms with Gasteiger partial charge in [-0.05, 0) is 37.8 Å². The molecule has 0 aromatic carbocycles. The summed E-state index contributed by atoms with van der Waals surface area (Å²) in [5, 5.41) is 3.40. The zero-order valence-electron chi connectivity index (χ0n) is 14.8. The Balaban J connectivity index is 2.08. The van der Waals surface area contributed by atoms with E-state index < -0.39 is 0 Å². The fourth-order valence-electron chi connectivity index (χ4n) is 3.43. The Labute approximate surface area is 133 Å². The average molecular weight is 303 g/mol. The summed E-state index contributed by atoms with van der Waals surface area (Å²) in [7, 11) is 0. The van der Waals surface area contributed by atoms with Crippen LogP contribution in [0.25, 0.3) is 0 Å². The van der Waals surface area contributed by atoms with Crippen LogP contribution in [-0.2, 0) is 12.0 Å². The molecule has 22 heavy (non-hydrogen) atoms. The summed E-state index contributed by atoms with van der Waals surface area (Å²) in [5.74, 6) is 0.173. The monoisotopic (exact) mass is 303 g/mol. The van der Waals surface area contributed by atoms with E-state index in [9.17, 15) is 4.79 Å². The molecule has 3 heterocycles. The van der Waals surface area contributed by atoms with Crippen molar-refractivity contribution in [1.82, 2.24) is 14.8 Å². The lowest BCUT2D eigenvalue weighted by molar-refractivity contribution is 0.0297. The maximum Gasteiger partial charge on any atom is 0.270 e. The first-order chi connectivity index (χ1) is 10.0. The maximum absolute atomic E-state index is 13.1. The largest absolute Gasteiger partial charge is 0.343 e. The van der Waals surface area contributed by atoms with E-state index in [1.54, 1.807) is 0 Å². The second kappa shape index (κ2) is 4.60. The van der Waals surface area contributed by atoms with E-state index in [4.69, 9.17) is 0 Å². The van der Waals surface area contributed by atoms with Crippen molar-refractivity contribution < 1.29 is 4.79 Å². The number of carbonyl (C=O) groups is 1. The predicted molar refractivity (Wildman–Crippen MR) is 89.2 cm³/mol. The molecule has 2 aliphatic heterocycles. The summed E-state index contributed by atoms with van der Waals surface area (Å²) < 4.78 is 2.20. The topological polar surface area (TPSA) is 37.3 Å². The Morgan fingerprint density at radius 3 is 2.18 bits per heavy atom. The molecule has 4 heteroatoms. The number of carbonyl (C=O) groups excluding carboxylic acids is 1. The van der Waals surface area contributed by atoms with Crippen molar-refractivity contribution in [3.05, 3.63) is 23.5 Å². The number of nitrogens with one attached hydrogen (secondary N) is 1. The van der Waals surface area contributed by atoms with Crippen LogP contribution in [0.2, 0.25) is 0 Å². The molecule has 0 aliphatic carbocycles. The molecule has 4 nitrogen and oxygen atoms in total. The molecule has 0 bridgehead atoms. The van der Waals surface area contributed by atoms with E-state index in [2.05, 4.69) is 68.6 Å². The Kier molecular flexibility index (Phi) is 3.27. The van der Waals surface area contributed by atoms with E-state index in [0.29, 0.717) is 0 Å². The van der Waals surface area contributed by atoms with Gasteiger partial charge in [0.15, 0.2) is 0 Å². The number of aromatic nitrogens is 1. The first kappa shape index (κ1) is 15.6. The fraction of sp³-hybridized carbons (Fsp3) is 0.722. The molecule has 122 valence electrons. The summed E-state index contributed by atoms with van der Waals surface area (Å²) in [6, 6.07) is 2.10. The van der Waals surface area contributed by atoms with Gasteiger partial charge in [0.05, 0.1) is 0 Å². The van der Waals surface area contributed by atoms with Gasteiger partial charge in [-0.25, -0.2) is 0 Å². The lowest BCUT2D eigenvalue weighted by Crippen LogP contribution is -2.62. The van der Waals surface area contributed by atoms with Gasteiger partial charge in [0.1, 0.15) is 5.69 Å². The summed E-state index contributed by atoms with van der Waals surface area (Å²) in [5.41, 5.74) is 2.19. The normalized spacial score (nSPS) is 21.5. The number of amides is 1. The van der Waals surface area contributed by atoms with E-state index in [1.165, 1.54) is 5.56 Å². The molecule has 0 saturated carbocycles. The van der Waals surface area contributed by atoms with E-state index in [0.717, 1.165) is 31.9 Å². The van der Waals surface area contributed by atoms with Crippen LogP contribution in [0.1, 0.15) is 57.6 Å². The van der Waals surface area contributed by atoms with Crippen LogP contribution in [0.5, 0.6) is 0 Å². The Morgan fingerprint density at radius 2 is 1.73 bits per heavy atom. The van der Waals surface area contributed by atoms with Gasteiger partial charge in [-0.1, -0.05) is 20.8 Å². The van der Waals surface area contributed by atoms with Crippen LogP contribution >= 0.6 is 0 Å². The third-order valence-corrected chi connectivity index (χ3v) is 5.04. The van der Waals surface area contributed by atoms with Gasteiger partial charge in [-0.2, -0.15) is 0 Å². The summed E-state index contributed by atoms with van der Waals surface area (Å²) in [6.45, 7) is 16.8. The highest BCUT2D eigenvalue weighted by molar-refractivity contribution is 5.94. The summed E-state index contributed by atoms with van der Waals surface area (Å²) in [6.07, 6.45) is 2.19. The number of rotatable bonds is 0. The van der Waals surface area contributed by atoms with Gasteiger partial charge in [-0.3, -0.25) is 4.79 Å². The second-order valence-corrected chi connectivity index (χ2v) is 9.16. The lowest BCUT2D eigenvalue weighted by Gasteiger charge is -2.47. The van der Waals surface area contributed by atoms with Crippen molar-refractivity contribution in [3.8, 4) is 0 Å². The minimum absolute atomic E-state index is 0.0665. The van der Waals surface area contributed by atoms with Crippen molar-refractivity contribution in [1.29, 1.82) is 0 Å². The molecule has 1 saturated heterocycles. The van der Waals surface area contributed by atoms with E-state index in [1.807, 2.05) is 0 Å². The van der Waals surface area contributed by atoms with Crippen molar-refractivity contribution in [3.63, 3.8) is 0 Å². The fourth-order valence-corrected chi connectivity index (χ4v) is 3.43. The Hall–Kier alpha value is -1.29. The average Bonchev–Trinajstić information content (AvgIpc) is 2.68. The molecule has 3 rings (SSSR count). The molecule has 0 unspecified atom stereocenters. The predicted octanol–water partition coefficient (Wildman–Crippen LogP) is 2.63. The molecule has 1 N–H and O–H groups in total. The minimum Gasteiger partial charge on any atom is -0.343 e. The quantitative estimate of drug-likeness (QED) is 0.800. The van der Waals surface area contributed by atoms with Crippen LogP contribution in [-0.4, -0.2) is 40.5 Å². The van der Waals surface area contributed by atoms with Gasteiger partial charge < -0.3 is 14.8 Å². The maximum atomic E-state index is 13.1. The molecule has 1 spiro atoms. The first-order valence-electron chi connectivity index (χ1n) is 8.25. The SMILES string of the molecule is CC(C)(C)c1cc2n(c1)CC1(CNC1)CN(C(C)(C)C)C2=O. The van der Waals surface area contributed by atoms with E-state index >= 15 is 0 Å². The number of fused-ring (bicyclic) bond motifs is 1. The molecule has 1 fully saturated rings. The first-order valence-corrected chi connectivity index (χ1v) is 8.25. The minimum atomic E-state index is -0.152. The second-order valence-electron chi connectivity index (χ2n) is 9.16. The van der Waals surface area contributed by atoms with Crippen molar-refractivity contribution >= 4 is 5.91 Å². The van der Waals surface area contributed by atoms with Gasteiger partial charge >= 0.3 is 0 Å². The zero-order valence-corrected chi connectivity index (χ0v) is 14.8. The standard InChI is InChI=1S/C18H29N3O/c1-16(2,3)13-7-14-15(22)21(17(4,5)6)12-18(9-19-10-18)11-20(14)8-13/h7-8,19H,9-12H2,1-6H3. The van der Waals surface area contributed by atoms with Crippen molar-refractivity contribution in [2.24, 2.45) is 5.41 Å². The van der Waals surface area contributed by atoms with Crippen LogP contribution < -0.4 is 5.32 Å².